The van der Waals surface area contributed by atoms with Gasteiger partial charge in [-0.3, -0.25) is 0 Å². The molecular formula is C17H17ClN4S. The van der Waals surface area contributed by atoms with E-state index in [4.69, 9.17) is 11.6 Å². The lowest BCUT2D eigenvalue weighted by Gasteiger charge is -2.09. The molecule has 0 spiro atoms. The number of halogens is 1. The minimum Gasteiger partial charge on any atom is -0.302 e. The highest BCUT2D eigenvalue weighted by atomic mass is 35.5. The maximum absolute atomic E-state index is 5.82. The van der Waals surface area contributed by atoms with Crippen LogP contribution in [0, 0.1) is 6.92 Å². The van der Waals surface area contributed by atoms with Crippen molar-refractivity contribution in [3.8, 4) is 11.4 Å². The summed E-state index contributed by atoms with van der Waals surface area (Å²) in [7, 11) is 0. The molecule has 3 aromatic rings. The minimum absolute atomic E-state index is 0.511. The van der Waals surface area contributed by atoms with E-state index in [-0.39, 0.29) is 0 Å². The standard InChI is InChI=1S/C17H17ClN4S/c1-3-22-16(14-7-5-4-6-12(14)2)20-21-17(22)23-11-13-8-9-15(18)19-10-13/h4-10H,3,11H2,1-2H3. The molecule has 0 amide bonds. The van der Waals surface area contributed by atoms with E-state index in [0.29, 0.717) is 5.15 Å². The van der Waals surface area contributed by atoms with Crippen molar-refractivity contribution in [1.29, 1.82) is 0 Å². The number of hydrogen-bond donors (Lipinski definition) is 0. The van der Waals surface area contributed by atoms with Crippen LogP contribution in [0.2, 0.25) is 5.15 Å². The zero-order valence-corrected chi connectivity index (χ0v) is 14.6. The number of rotatable bonds is 5. The molecular weight excluding hydrogens is 328 g/mol. The summed E-state index contributed by atoms with van der Waals surface area (Å²) < 4.78 is 2.15. The molecule has 2 aromatic heterocycles. The summed E-state index contributed by atoms with van der Waals surface area (Å²) in [5.74, 6) is 1.71. The number of pyridine rings is 1. The molecule has 2 heterocycles. The summed E-state index contributed by atoms with van der Waals surface area (Å²) in [6.07, 6.45) is 1.80. The van der Waals surface area contributed by atoms with Gasteiger partial charge in [-0.15, -0.1) is 10.2 Å². The molecule has 1 aromatic carbocycles. The number of thioether (sulfide) groups is 1. The smallest absolute Gasteiger partial charge is 0.191 e. The van der Waals surface area contributed by atoms with Gasteiger partial charge in [-0.1, -0.05) is 53.7 Å². The quantitative estimate of drug-likeness (QED) is 0.500. The fourth-order valence-corrected chi connectivity index (χ4v) is 3.39. The molecule has 0 atom stereocenters. The lowest BCUT2D eigenvalue weighted by molar-refractivity contribution is 0.687. The molecule has 6 heteroatoms. The maximum Gasteiger partial charge on any atom is 0.191 e. The second kappa shape index (κ2) is 7.15. The fourth-order valence-electron chi connectivity index (χ4n) is 2.34. The third-order valence-corrected chi connectivity index (χ3v) is 4.84. The largest absolute Gasteiger partial charge is 0.302 e. The number of nitrogens with zero attached hydrogens (tertiary/aromatic N) is 4. The van der Waals surface area contributed by atoms with Gasteiger partial charge in [0, 0.05) is 24.1 Å². The van der Waals surface area contributed by atoms with Gasteiger partial charge in [-0.05, 0) is 31.0 Å². The Morgan fingerprint density at radius 1 is 1.13 bits per heavy atom. The SMILES string of the molecule is CCn1c(SCc2ccc(Cl)nc2)nnc1-c1ccccc1C. The first-order chi connectivity index (χ1) is 11.2. The van der Waals surface area contributed by atoms with Crippen LogP contribution >= 0.6 is 23.4 Å². The lowest BCUT2D eigenvalue weighted by Crippen LogP contribution is -2.00. The first-order valence-corrected chi connectivity index (χ1v) is 8.78. The van der Waals surface area contributed by atoms with Crippen LogP contribution < -0.4 is 0 Å². The summed E-state index contributed by atoms with van der Waals surface area (Å²) in [4.78, 5) is 4.11. The third kappa shape index (κ3) is 3.57. The van der Waals surface area contributed by atoms with Crippen molar-refractivity contribution in [2.75, 3.05) is 0 Å². The topological polar surface area (TPSA) is 43.6 Å². The Morgan fingerprint density at radius 3 is 2.65 bits per heavy atom. The molecule has 0 aliphatic rings. The van der Waals surface area contributed by atoms with Gasteiger partial charge in [0.15, 0.2) is 11.0 Å². The minimum atomic E-state index is 0.511. The zero-order valence-electron chi connectivity index (χ0n) is 13.0. The number of hydrogen-bond acceptors (Lipinski definition) is 4. The average molecular weight is 345 g/mol. The highest BCUT2D eigenvalue weighted by Crippen LogP contribution is 2.27. The van der Waals surface area contributed by atoms with Gasteiger partial charge in [0.25, 0.3) is 0 Å². The molecule has 23 heavy (non-hydrogen) atoms. The van der Waals surface area contributed by atoms with Crippen molar-refractivity contribution in [3.05, 3.63) is 58.9 Å². The van der Waals surface area contributed by atoms with Gasteiger partial charge in [-0.2, -0.15) is 0 Å². The Kier molecular flexibility index (Phi) is 4.98. The summed E-state index contributed by atoms with van der Waals surface area (Å²) >= 11 is 7.48. The van der Waals surface area contributed by atoms with Crippen LogP contribution in [0.5, 0.6) is 0 Å². The molecule has 0 unspecified atom stereocenters. The number of benzene rings is 1. The van der Waals surface area contributed by atoms with E-state index in [1.54, 1.807) is 24.0 Å². The summed E-state index contributed by atoms with van der Waals surface area (Å²) in [5.41, 5.74) is 3.44. The van der Waals surface area contributed by atoms with Crippen molar-refractivity contribution in [2.45, 2.75) is 31.3 Å². The van der Waals surface area contributed by atoms with E-state index in [0.717, 1.165) is 34.4 Å². The highest BCUT2D eigenvalue weighted by Gasteiger charge is 2.14. The van der Waals surface area contributed by atoms with Crippen LogP contribution in [0.15, 0.2) is 47.8 Å². The van der Waals surface area contributed by atoms with E-state index >= 15 is 0 Å². The highest BCUT2D eigenvalue weighted by molar-refractivity contribution is 7.98. The van der Waals surface area contributed by atoms with Crippen LogP contribution in [0.25, 0.3) is 11.4 Å². The van der Waals surface area contributed by atoms with Crippen molar-refractivity contribution in [1.82, 2.24) is 19.7 Å². The predicted octanol–water partition coefficient (Wildman–Crippen LogP) is 4.61. The fraction of sp³-hybridized carbons (Fsp3) is 0.235. The van der Waals surface area contributed by atoms with Gasteiger partial charge < -0.3 is 4.57 Å². The molecule has 118 valence electrons. The van der Waals surface area contributed by atoms with Crippen molar-refractivity contribution < 1.29 is 0 Å². The Hall–Kier alpha value is -1.85. The van der Waals surface area contributed by atoms with Crippen LogP contribution in [0.3, 0.4) is 0 Å². The normalized spacial score (nSPS) is 10.9. The van der Waals surface area contributed by atoms with E-state index in [1.165, 1.54) is 5.56 Å². The van der Waals surface area contributed by atoms with E-state index < -0.39 is 0 Å². The molecule has 0 saturated carbocycles. The van der Waals surface area contributed by atoms with Crippen LogP contribution in [0.4, 0.5) is 0 Å². The Morgan fingerprint density at radius 2 is 1.96 bits per heavy atom. The molecule has 0 N–H and O–H groups in total. The molecule has 0 aliphatic heterocycles. The summed E-state index contributed by atoms with van der Waals surface area (Å²) in [6, 6.07) is 12.0. The van der Waals surface area contributed by atoms with Crippen LogP contribution in [-0.2, 0) is 12.3 Å². The van der Waals surface area contributed by atoms with Crippen LogP contribution in [-0.4, -0.2) is 19.7 Å². The van der Waals surface area contributed by atoms with Crippen molar-refractivity contribution in [3.63, 3.8) is 0 Å². The van der Waals surface area contributed by atoms with Gasteiger partial charge in [0.1, 0.15) is 5.15 Å². The number of aryl methyl sites for hydroxylation is 1. The molecule has 0 saturated heterocycles. The molecule has 4 nitrogen and oxygen atoms in total. The predicted molar refractivity (Wildman–Crippen MR) is 94.7 cm³/mol. The molecule has 0 radical (unpaired) electrons. The van der Waals surface area contributed by atoms with Crippen molar-refractivity contribution >= 4 is 23.4 Å². The monoisotopic (exact) mass is 344 g/mol. The Balaban J connectivity index is 1.84. The third-order valence-electron chi connectivity index (χ3n) is 3.58. The second-order valence-electron chi connectivity index (χ2n) is 5.14. The van der Waals surface area contributed by atoms with Gasteiger partial charge >= 0.3 is 0 Å². The zero-order chi connectivity index (χ0) is 16.2. The van der Waals surface area contributed by atoms with Crippen LogP contribution in [0.1, 0.15) is 18.1 Å². The molecule has 3 rings (SSSR count). The average Bonchev–Trinajstić information content (AvgIpc) is 2.97. The molecule has 0 fully saturated rings. The Labute approximate surface area is 144 Å². The first-order valence-electron chi connectivity index (χ1n) is 7.41. The van der Waals surface area contributed by atoms with Gasteiger partial charge in [0.2, 0.25) is 0 Å². The van der Waals surface area contributed by atoms with E-state index in [1.807, 2.05) is 18.2 Å². The maximum atomic E-state index is 5.82. The summed E-state index contributed by atoms with van der Waals surface area (Å²) in [6.45, 7) is 5.03. The van der Waals surface area contributed by atoms with Gasteiger partial charge in [-0.25, -0.2) is 4.98 Å². The molecule has 0 bridgehead atoms. The summed E-state index contributed by atoms with van der Waals surface area (Å²) in [5, 5.41) is 10.2. The molecule has 0 aliphatic carbocycles. The second-order valence-corrected chi connectivity index (χ2v) is 6.47. The van der Waals surface area contributed by atoms with E-state index in [2.05, 4.69) is 45.7 Å². The number of aromatic nitrogens is 4. The lowest BCUT2D eigenvalue weighted by atomic mass is 10.1. The van der Waals surface area contributed by atoms with Gasteiger partial charge in [0.05, 0.1) is 0 Å². The van der Waals surface area contributed by atoms with E-state index in [9.17, 15) is 0 Å². The Bertz CT molecular complexity index is 799. The van der Waals surface area contributed by atoms with Crippen molar-refractivity contribution in [2.24, 2.45) is 0 Å². The first kappa shape index (κ1) is 16.0.